The normalized spacial score (nSPS) is 12.4. The summed E-state index contributed by atoms with van der Waals surface area (Å²) in [5.41, 5.74) is 1.86. The lowest BCUT2D eigenvalue weighted by atomic mass is 10.1. The molecule has 0 fully saturated rings. The van der Waals surface area contributed by atoms with Gasteiger partial charge in [-0.2, -0.15) is 0 Å². The quantitative estimate of drug-likeness (QED) is 0.668. The summed E-state index contributed by atoms with van der Waals surface area (Å²) >= 11 is 0. The third-order valence-electron chi connectivity index (χ3n) is 1.94. The van der Waals surface area contributed by atoms with Crippen LogP contribution in [0.25, 0.3) is 6.08 Å². The summed E-state index contributed by atoms with van der Waals surface area (Å²) in [7, 11) is 0. The molecule has 1 aromatic rings. The van der Waals surface area contributed by atoms with Gasteiger partial charge in [0.15, 0.2) is 0 Å². The van der Waals surface area contributed by atoms with Gasteiger partial charge in [0.05, 0.1) is 0 Å². The van der Waals surface area contributed by atoms with E-state index in [0.717, 1.165) is 17.5 Å². The van der Waals surface area contributed by atoms with Crippen molar-refractivity contribution in [1.82, 2.24) is 4.98 Å². The molecule has 0 atom stereocenters. The monoisotopic (exact) mass is 189 g/mol. The van der Waals surface area contributed by atoms with Gasteiger partial charge >= 0.3 is 0 Å². The van der Waals surface area contributed by atoms with Crippen LogP contribution < -0.4 is 5.56 Å². The number of hydrogen-bond donors (Lipinski definition) is 1. The molecule has 0 spiro atoms. The van der Waals surface area contributed by atoms with Crippen molar-refractivity contribution in [2.24, 2.45) is 0 Å². The molecule has 0 aromatic carbocycles. The van der Waals surface area contributed by atoms with Gasteiger partial charge < -0.3 is 4.98 Å². The molecule has 1 aromatic heterocycles. The molecule has 1 aliphatic carbocycles. The van der Waals surface area contributed by atoms with Gasteiger partial charge in [0.25, 0.3) is 5.56 Å². The number of aromatic nitrogens is 1. The lowest BCUT2D eigenvalue weighted by Crippen LogP contribution is -2.10. The van der Waals surface area contributed by atoms with Gasteiger partial charge in [-0.3, -0.25) is 4.79 Å². The summed E-state index contributed by atoms with van der Waals surface area (Å²) in [5, 5.41) is 0. The maximum absolute atomic E-state index is 11.3. The Balaban J connectivity index is 0.000000461. The van der Waals surface area contributed by atoms with Crippen molar-refractivity contribution < 1.29 is 0 Å². The highest BCUT2D eigenvalue weighted by Gasteiger charge is 2.02. The van der Waals surface area contributed by atoms with E-state index in [1.54, 1.807) is 6.20 Å². The van der Waals surface area contributed by atoms with Gasteiger partial charge in [-0.05, 0) is 24.1 Å². The van der Waals surface area contributed by atoms with Gasteiger partial charge in [0.2, 0.25) is 0 Å². The summed E-state index contributed by atoms with van der Waals surface area (Å²) in [6.45, 7) is 4.00. The highest BCUT2D eigenvalue weighted by molar-refractivity contribution is 5.55. The molecular weight excluding hydrogens is 174 g/mol. The minimum absolute atomic E-state index is 0.00699. The summed E-state index contributed by atoms with van der Waals surface area (Å²) in [6.07, 6.45) is 10.3. The summed E-state index contributed by atoms with van der Waals surface area (Å²) < 4.78 is 0. The Morgan fingerprint density at radius 2 is 2.07 bits per heavy atom. The second kappa shape index (κ2) is 5.22. The zero-order valence-corrected chi connectivity index (χ0v) is 8.58. The Labute approximate surface area is 84.0 Å². The highest BCUT2D eigenvalue weighted by Crippen LogP contribution is 2.09. The van der Waals surface area contributed by atoms with Gasteiger partial charge in [0.1, 0.15) is 0 Å². The van der Waals surface area contributed by atoms with Gasteiger partial charge in [-0.15, -0.1) is 0 Å². The Bertz CT molecular complexity index is 399. The summed E-state index contributed by atoms with van der Waals surface area (Å²) in [4.78, 5) is 13.9. The Morgan fingerprint density at radius 3 is 2.86 bits per heavy atom. The minimum Gasteiger partial charge on any atom is -0.329 e. The minimum atomic E-state index is -0.00699. The molecule has 2 heteroatoms. The SMILES string of the molecule is CC.O=c1[nH]ccc2c1C=CC=CC2. The van der Waals surface area contributed by atoms with Gasteiger partial charge in [-0.25, -0.2) is 0 Å². The van der Waals surface area contributed by atoms with Crippen LogP contribution in [0.15, 0.2) is 35.3 Å². The Hall–Kier alpha value is -1.57. The summed E-state index contributed by atoms with van der Waals surface area (Å²) in [6, 6.07) is 1.94. The molecule has 1 heterocycles. The molecule has 1 aliphatic rings. The number of H-pyrrole nitrogens is 1. The standard InChI is InChI=1S/C10H9NO.C2H6/c12-10-9-5-3-1-2-4-8(9)6-7-11-10;1-2/h1-3,5-7H,4H2,(H,11,12);1-2H3. The molecule has 0 bridgehead atoms. The van der Waals surface area contributed by atoms with Crippen molar-refractivity contribution in [3.05, 3.63) is 52.0 Å². The van der Waals surface area contributed by atoms with Crippen molar-refractivity contribution in [2.45, 2.75) is 20.3 Å². The zero-order valence-electron chi connectivity index (χ0n) is 8.58. The molecule has 14 heavy (non-hydrogen) atoms. The van der Waals surface area contributed by atoms with E-state index < -0.39 is 0 Å². The Morgan fingerprint density at radius 1 is 1.29 bits per heavy atom. The van der Waals surface area contributed by atoms with Crippen LogP contribution in [-0.4, -0.2) is 4.98 Å². The maximum Gasteiger partial charge on any atom is 0.255 e. The van der Waals surface area contributed by atoms with Crippen LogP contribution in [0.4, 0.5) is 0 Å². The van der Waals surface area contributed by atoms with Gasteiger partial charge in [0, 0.05) is 11.8 Å². The van der Waals surface area contributed by atoms with Crippen LogP contribution in [0.1, 0.15) is 25.0 Å². The average Bonchev–Trinajstić information content (AvgIpc) is 2.47. The first-order valence-corrected chi connectivity index (χ1v) is 4.92. The van der Waals surface area contributed by atoms with E-state index in [1.807, 2.05) is 44.2 Å². The number of rotatable bonds is 0. The predicted octanol–water partition coefficient (Wildman–Crippen LogP) is 2.53. The molecule has 1 N–H and O–H groups in total. The van der Waals surface area contributed by atoms with E-state index in [4.69, 9.17) is 0 Å². The fourth-order valence-corrected chi connectivity index (χ4v) is 1.32. The van der Waals surface area contributed by atoms with E-state index in [2.05, 4.69) is 4.98 Å². The molecule has 0 saturated heterocycles. The fraction of sp³-hybridized carbons (Fsp3) is 0.250. The first-order chi connectivity index (χ1) is 6.88. The van der Waals surface area contributed by atoms with E-state index in [0.29, 0.717) is 0 Å². The van der Waals surface area contributed by atoms with Crippen molar-refractivity contribution in [2.75, 3.05) is 0 Å². The van der Waals surface area contributed by atoms with Crippen LogP contribution in [0, 0.1) is 0 Å². The van der Waals surface area contributed by atoms with E-state index in [1.165, 1.54) is 0 Å². The van der Waals surface area contributed by atoms with E-state index >= 15 is 0 Å². The van der Waals surface area contributed by atoms with Crippen LogP contribution in [0.3, 0.4) is 0 Å². The molecule has 0 aliphatic heterocycles. The van der Waals surface area contributed by atoms with Crippen molar-refractivity contribution in [3.8, 4) is 0 Å². The maximum atomic E-state index is 11.3. The number of aromatic amines is 1. The second-order valence-electron chi connectivity index (χ2n) is 2.74. The largest absolute Gasteiger partial charge is 0.329 e. The van der Waals surface area contributed by atoms with E-state index in [-0.39, 0.29) is 5.56 Å². The third kappa shape index (κ3) is 2.22. The topological polar surface area (TPSA) is 32.9 Å². The van der Waals surface area contributed by atoms with Crippen LogP contribution in [0.2, 0.25) is 0 Å². The fourth-order valence-electron chi connectivity index (χ4n) is 1.32. The predicted molar refractivity (Wildman–Crippen MR) is 60.3 cm³/mol. The molecule has 74 valence electrons. The van der Waals surface area contributed by atoms with Crippen molar-refractivity contribution >= 4 is 6.08 Å². The number of pyridine rings is 1. The average molecular weight is 189 g/mol. The smallest absolute Gasteiger partial charge is 0.255 e. The highest BCUT2D eigenvalue weighted by atomic mass is 16.1. The van der Waals surface area contributed by atoms with Crippen molar-refractivity contribution in [1.29, 1.82) is 0 Å². The number of allylic oxidation sites excluding steroid dienone is 3. The second-order valence-corrected chi connectivity index (χ2v) is 2.74. The number of hydrogen-bond acceptors (Lipinski definition) is 1. The lowest BCUT2D eigenvalue weighted by Gasteiger charge is -1.98. The first kappa shape index (κ1) is 10.5. The molecular formula is C12H15NO. The van der Waals surface area contributed by atoms with E-state index in [9.17, 15) is 4.79 Å². The molecule has 0 radical (unpaired) electrons. The van der Waals surface area contributed by atoms with Crippen molar-refractivity contribution in [3.63, 3.8) is 0 Å². The number of nitrogens with one attached hydrogen (secondary N) is 1. The third-order valence-corrected chi connectivity index (χ3v) is 1.94. The van der Waals surface area contributed by atoms with Crippen LogP contribution in [-0.2, 0) is 6.42 Å². The molecule has 0 amide bonds. The molecule has 2 nitrogen and oxygen atoms in total. The van der Waals surface area contributed by atoms with Gasteiger partial charge in [-0.1, -0.05) is 32.1 Å². The zero-order chi connectivity index (χ0) is 10.4. The summed E-state index contributed by atoms with van der Waals surface area (Å²) in [5.74, 6) is 0. The Kier molecular flexibility index (Phi) is 3.92. The molecule has 0 saturated carbocycles. The number of fused-ring (bicyclic) bond motifs is 1. The van der Waals surface area contributed by atoms with Crippen LogP contribution >= 0.6 is 0 Å². The van der Waals surface area contributed by atoms with Crippen LogP contribution in [0.5, 0.6) is 0 Å². The lowest BCUT2D eigenvalue weighted by molar-refractivity contribution is 1.15. The molecule has 0 unspecified atom stereocenters. The molecule has 2 rings (SSSR count). The first-order valence-electron chi connectivity index (χ1n) is 4.92.